The van der Waals surface area contributed by atoms with Crippen LogP contribution in [-0.2, 0) is 20.8 Å². The molecule has 0 bridgehead atoms. The van der Waals surface area contributed by atoms with E-state index in [2.05, 4.69) is 0 Å². The molecule has 0 spiro atoms. The lowest BCUT2D eigenvalue weighted by atomic mass is 10.1. The highest BCUT2D eigenvalue weighted by molar-refractivity contribution is 7.86. The van der Waals surface area contributed by atoms with E-state index in [9.17, 15) is 8.42 Å². The Bertz CT molecular complexity index is 972. The summed E-state index contributed by atoms with van der Waals surface area (Å²) >= 11 is 0. The van der Waals surface area contributed by atoms with Gasteiger partial charge in [-0.15, -0.1) is 0 Å². The van der Waals surface area contributed by atoms with Gasteiger partial charge in [-0.25, -0.2) is 0 Å². The molecule has 0 radical (unpaired) electrons. The molecule has 0 saturated heterocycles. The molecule has 2 N–H and O–H groups in total. The van der Waals surface area contributed by atoms with Crippen molar-refractivity contribution in [2.24, 2.45) is 0 Å². The van der Waals surface area contributed by atoms with E-state index < -0.39 is 20.8 Å². The zero-order chi connectivity index (χ0) is 19.3. The average Bonchev–Trinajstić information content (AvgIpc) is 3.07. The number of hydrogen-bond donors (Lipinski definition) is 2. The van der Waals surface area contributed by atoms with Crippen molar-refractivity contribution in [2.75, 3.05) is 0 Å². The number of hydrogen-bond acceptors (Lipinski definition) is 4. The number of aryl methyl sites for hydroxylation is 3. The van der Waals surface area contributed by atoms with Crippen LogP contribution >= 0.6 is 0 Å². The van der Waals surface area contributed by atoms with Gasteiger partial charge in [-0.05, 0) is 66.9 Å². The van der Waals surface area contributed by atoms with E-state index >= 15 is 0 Å². The Balaban J connectivity index is 0.000000187. The highest BCUT2D eigenvalue weighted by Gasteiger charge is 2.16. The van der Waals surface area contributed by atoms with Gasteiger partial charge < -0.3 is 4.42 Å². The predicted molar refractivity (Wildman–Crippen MR) is 102 cm³/mol. The first-order valence-corrected chi connectivity index (χ1v) is 10.5. The van der Waals surface area contributed by atoms with E-state index in [1.165, 1.54) is 0 Å². The SMILES string of the molecule is Cc1cc(C)c(S(=O)(=O)O)c(C)c1.N=S(c1ccccc1)c1ccco1. The Morgan fingerprint density at radius 3 is 2.00 bits per heavy atom. The molecular formula is C19H21NO4S2. The summed E-state index contributed by atoms with van der Waals surface area (Å²) in [4.78, 5) is 1.01. The first-order chi connectivity index (χ1) is 12.2. The summed E-state index contributed by atoms with van der Waals surface area (Å²) in [6, 6.07) is 16.8. The number of nitrogens with one attached hydrogen (secondary N) is 1. The number of rotatable bonds is 3. The van der Waals surface area contributed by atoms with Gasteiger partial charge in [0, 0.05) is 4.90 Å². The van der Waals surface area contributed by atoms with Crippen molar-refractivity contribution in [3.8, 4) is 0 Å². The van der Waals surface area contributed by atoms with Crippen LogP contribution in [0.15, 0.2) is 80.2 Å². The fourth-order valence-corrected chi connectivity index (χ4v) is 4.59. The van der Waals surface area contributed by atoms with E-state index in [0.717, 1.165) is 10.5 Å². The van der Waals surface area contributed by atoms with Gasteiger partial charge in [0.1, 0.15) is 0 Å². The lowest BCUT2D eigenvalue weighted by Crippen LogP contribution is -2.04. The van der Waals surface area contributed by atoms with Gasteiger partial charge in [0.15, 0.2) is 5.09 Å². The van der Waals surface area contributed by atoms with Crippen molar-refractivity contribution < 1.29 is 17.4 Å². The standard InChI is InChI=1S/C10H9NOS.C9H12O3S/c11-13(10-7-4-8-12-10)9-5-2-1-3-6-9;1-6-4-7(2)9(8(3)5-6)13(10,11)12/h1-8,11H;4-5H,1-3H3,(H,10,11,12). The Labute approximate surface area is 156 Å². The van der Waals surface area contributed by atoms with Gasteiger partial charge in [0.25, 0.3) is 10.1 Å². The average molecular weight is 392 g/mol. The van der Waals surface area contributed by atoms with Crippen molar-refractivity contribution in [1.82, 2.24) is 0 Å². The van der Waals surface area contributed by atoms with Crippen LogP contribution in [0.4, 0.5) is 0 Å². The molecular weight excluding hydrogens is 370 g/mol. The van der Waals surface area contributed by atoms with Crippen LogP contribution in [0.1, 0.15) is 16.7 Å². The summed E-state index contributed by atoms with van der Waals surface area (Å²) in [5.41, 5.74) is 2.16. The van der Waals surface area contributed by atoms with Crippen molar-refractivity contribution in [3.05, 3.63) is 77.6 Å². The summed E-state index contributed by atoms with van der Waals surface area (Å²) in [5, 5.41) is 0.714. The molecule has 1 heterocycles. The second-order valence-electron chi connectivity index (χ2n) is 5.75. The summed E-state index contributed by atoms with van der Waals surface area (Å²) in [6.07, 6.45) is 1.60. The Hall–Kier alpha value is -2.22. The molecule has 5 nitrogen and oxygen atoms in total. The summed E-state index contributed by atoms with van der Waals surface area (Å²) in [5.74, 6) is 0. The number of furan rings is 1. The van der Waals surface area contributed by atoms with Crippen molar-refractivity contribution in [2.45, 2.75) is 35.7 Å². The van der Waals surface area contributed by atoms with Crippen LogP contribution in [-0.4, -0.2) is 13.0 Å². The topological polar surface area (TPSA) is 91.4 Å². The van der Waals surface area contributed by atoms with Crippen LogP contribution in [0.2, 0.25) is 0 Å². The zero-order valence-corrected chi connectivity index (χ0v) is 16.4. The fourth-order valence-electron chi connectivity index (χ4n) is 2.63. The monoisotopic (exact) mass is 391 g/mol. The summed E-state index contributed by atoms with van der Waals surface area (Å²) in [6.45, 7) is 5.22. The van der Waals surface area contributed by atoms with Crippen LogP contribution < -0.4 is 0 Å². The fraction of sp³-hybridized carbons (Fsp3) is 0.158. The lowest BCUT2D eigenvalue weighted by molar-refractivity contribution is 0.472. The normalized spacial score (nSPS) is 12.2. The lowest BCUT2D eigenvalue weighted by Gasteiger charge is -2.07. The highest BCUT2D eigenvalue weighted by Crippen LogP contribution is 2.21. The first-order valence-electron chi connectivity index (χ1n) is 7.79. The molecule has 7 heteroatoms. The van der Waals surface area contributed by atoms with E-state index in [1.807, 2.05) is 49.4 Å². The Morgan fingerprint density at radius 1 is 0.962 bits per heavy atom. The predicted octanol–water partition coefficient (Wildman–Crippen LogP) is 4.94. The quantitative estimate of drug-likeness (QED) is 0.619. The van der Waals surface area contributed by atoms with Crippen molar-refractivity contribution in [3.63, 3.8) is 0 Å². The molecule has 0 aliphatic heterocycles. The number of benzene rings is 2. The van der Waals surface area contributed by atoms with Gasteiger partial charge >= 0.3 is 0 Å². The first kappa shape index (κ1) is 20.1. The second kappa shape index (κ2) is 8.44. The zero-order valence-electron chi connectivity index (χ0n) is 14.8. The van der Waals surface area contributed by atoms with Gasteiger partial charge in [-0.2, -0.15) is 8.42 Å². The van der Waals surface area contributed by atoms with Crippen LogP contribution in [0.25, 0.3) is 0 Å². The molecule has 0 aliphatic carbocycles. The molecule has 138 valence electrons. The van der Waals surface area contributed by atoms with Crippen molar-refractivity contribution in [1.29, 1.82) is 4.78 Å². The molecule has 1 atom stereocenters. The van der Waals surface area contributed by atoms with E-state index in [-0.39, 0.29) is 4.90 Å². The van der Waals surface area contributed by atoms with Gasteiger partial charge in [-0.1, -0.05) is 35.9 Å². The summed E-state index contributed by atoms with van der Waals surface area (Å²) < 4.78 is 43.9. The Morgan fingerprint density at radius 2 is 1.54 bits per heavy atom. The van der Waals surface area contributed by atoms with Gasteiger partial charge in [-0.3, -0.25) is 9.33 Å². The van der Waals surface area contributed by atoms with Crippen molar-refractivity contribution >= 4 is 20.8 Å². The largest absolute Gasteiger partial charge is 0.457 e. The Kier molecular flexibility index (Phi) is 6.52. The van der Waals surface area contributed by atoms with E-state index in [0.29, 0.717) is 16.2 Å². The molecule has 3 rings (SSSR count). The van der Waals surface area contributed by atoms with Gasteiger partial charge in [0.05, 0.1) is 11.2 Å². The second-order valence-corrected chi connectivity index (χ2v) is 8.60. The molecule has 0 amide bonds. The highest BCUT2D eigenvalue weighted by atomic mass is 32.2. The molecule has 0 saturated carbocycles. The van der Waals surface area contributed by atoms with Crippen LogP contribution in [0, 0.1) is 25.6 Å². The molecule has 0 fully saturated rings. The third kappa shape index (κ3) is 5.14. The molecule has 3 aromatic rings. The molecule has 0 aliphatic rings. The molecule has 26 heavy (non-hydrogen) atoms. The minimum Gasteiger partial charge on any atom is -0.457 e. The third-order valence-corrected chi connectivity index (χ3v) is 6.08. The smallest absolute Gasteiger partial charge is 0.295 e. The van der Waals surface area contributed by atoms with Crippen LogP contribution in [0.5, 0.6) is 0 Å². The molecule has 2 aromatic carbocycles. The minimum atomic E-state index is -4.08. The maximum Gasteiger partial charge on any atom is 0.295 e. The van der Waals surface area contributed by atoms with Gasteiger partial charge in [0.2, 0.25) is 0 Å². The van der Waals surface area contributed by atoms with Crippen LogP contribution in [0.3, 0.4) is 0 Å². The molecule has 1 unspecified atom stereocenters. The molecule has 1 aromatic heterocycles. The maximum atomic E-state index is 10.9. The minimum absolute atomic E-state index is 0.0260. The van der Waals surface area contributed by atoms with E-state index in [4.69, 9.17) is 13.7 Å². The van der Waals surface area contributed by atoms with E-state index in [1.54, 1.807) is 32.2 Å². The third-order valence-electron chi connectivity index (χ3n) is 3.54. The summed E-state index contributed by atoms with van der Waals surface area (Å²) in [7, 11) is -4.76. The maximum absolute atomic E-state index is 10.9.